The predicted molar refractivity (Wildman–Crippen MR) is 61.7 cm³/mol. The van der Waals surface area contributed by atoms with E-state index in [2.05, 4.69) is 34.1 Å². The highest BCUT2D eigenvalue weighted by molar-refractivity contribution is 9.13. The molecule has 0 spiro atoms. The summed E-state index contributed by atoms with van der Waals surface area (Å²) in [6.07, 6.45) is 6.00. The quantitative estimate of drug-likeness (QED) is 0.639. The van der Waals surface area contributed by atoms with Crippen molar-refractivity contribution in [3.8, 4) is 0 Å². The van der Waals surface area contributed by atoms with Crippen molar-refractivity contribution in [2.45, 2.75) is 30.9 Å². The minimum atomic E-state index is 0.294. The van der Waals surface area contributed by atoms with E-state index in [9.17, 15) is 0 Å². The van der Waals surface area contributed by atoms with Crippen LogP contribution < -0.4 is 0 Å². The molecule has 0 nitrogen and oxygen atoms in total. The van der Waals surface area contributed by atoms with Crippen molar-refractivity contribution >= 4 is 39.7 Å². The van der Waals surface area contributed by atoms with Gasteiger partial charge in [-0.3, -0.25) is 0 Å². The van der Waals surface area contributed by atoms with Crippen LogP contribution in [0.25, 0.3) is 0 Å². The Morgan fingerprint density at radius 1 is 1.09 bits per heavy atom. The van der Waals surface area contributed by atoms with Gasteiger partial charge in [0, 0.05) is 16.8 Å². The van der Waals surface area contributed by atoms with E-state index in [-0.39, 0.29) is 0 Å². The molecule has 4 heteroatoms. The number of hydrogen-bond acceptors (Lipinski definition) is 3. The van der Waals surface area contributed by atoms with Crippen LogP contribution >= 0.6 is 39.7 Å². The molecule has 1 saturated heterocycles. The van der Waals surface area contributed by atoms with Crippen LogP contribution in [0.2, 0.25) is 0 Å². The molecule has 0 aromatic carbocycles. The topological polar surface area (TPSA) is 0 Å². The average Bonchev–Trinajstić information content (AvgIpc) is 2.60. The molecule has 0 aromatic rings. The summed E-state index contributed by atoms with van der Waals surface area (Å²) in [4.78, 5) is 0. The number of rotatable bonds is 2. The molecule has 0 atom stereocenters. The van der Waals surface area contributed by atoms with Crippen molar-refractivity contribution < 1.29 is 0 Å². The normalized spacial score (nSPS) is 28.4. The first-order valence-corrected chi connectivity index (χ1v) is 10.2. The van der Waals surface area contributed by atoms with Gasteiger partial charge in [-0.05, 0) is 12.8 Å². The van der Waals surface area contributed by atoms with Crippen molar-refractivity contribution in [2.24, 2.45) is 0 Å². The first kappa shape index (κ1) is 9.05. The molecule has 64 valence electrons. The highest BCUT2D eigenvalue weighted by Crippen LogP contribution is 2.75. The Hall–Kier alpha value is 1.48. The van der Waals surface area contributed by atoms with Gasteiger partial charge in [0.25, 0.3) is 0 Å². The smallest absolute Gasteiger partial charge is 0.0732 e. The van der Waals surface area contributed by atoms with Gasteiger partial charge < -0.3 is 0 Å². The summed E-state index contributed by atoms with van der Waals surface area (Å²) >= 11 is 6.75. The van der Waals surface area contributed by atoms with Crippen LogP contribution in [0.5, 0.6) is 0 Å². The maximum Gasteiger partial charge on any atom is 0.0732 e. The first-order valence-electron chi connectivity index (χ1n) is 4.18. The Bertz CT molecular complexity index is 105. The summed E-state index contributed by atoms with van der Waals surface area (Å²) in [7, 11) is 0. The monoisotopic (exact) mass is 224 g/mol. The molecule has 2 fully saturated rings. The van der Waals surface area contributed by atoms with Crippen molar-refractivity contribution in [1.29, 1.82) is 0 Å². The summed E-state index contributed by atoms with van der Waals surface area (Å²) in [6, 6.07) is 0. The van der Waals surface area contributed by atoms with Crippen molar-refractivity contribution in [1.82, 2.24) is 0 Å². The molecule has 1 aliphatic heterocycles. The highest BCUT2D eigenvalue weighted by Gasteiger charge is 2.24. The summed E-state index contributed by atoms with van der Waals surface area (Å²) < 4.78 is 0. The van der Waals surface area contributed by atoms with E-state index < -0.39 is 0 Å². The van der Waals surface area contributed by atoms with Crippen molar-refractivity contribution in [2.75, 3.05) is 11.5 Å². The van der Waals surface area contributed by atoms with Crippen LogP contribution in [-0.4, -0.2) is 16.8 Å². The second kappa shape index (κ2) is 4.64. The fourth-order valence-corrected chi connectivity index (χ4v) is 14.1. The van der Waals surface area contributed by atoms with Crippen LogP contribution in [-0.2, 0) is 0 Å². The van der Waals surface area contributed by atoms with Gasteiger partial charge in [0.05, 0.1) is 5.53 Å². The maximum absolute atomic E-state index is 2.31. The number of hydrogen-bond donors (Lipinski definition) is 0. The summed E-state index contributed by atoms with van der Waals surface area (Å²) in [6.45, 7) is 0. The van der Waals surface area contributed by atoms with Crippen LogP contribution in [0.1, 0.15) is 25.7 Å². The molecular formula is C7H13PS3. The molecule has 2 aliphatic rings. The third-order valence-corrected chi connectivity index (χ3v) is 13.5. The minimum Gasteiger partial charge on any atom is -0.111 e. The molecule has 0 unspecified atom stereocenters. The highest BCUT2D eigenvalue weighted by atomic mass is 33.4. The van der Waals surface area contributed by atoms with Crippen LogP contribution in [0.15, 0.2) is 0 Å². The Morgan fingerprint density at radius 3 is 2.36 bits per heavy atom. The van der Waals surface area contributed by atoms with E-state index >= 15 is 0 Å². The second-order valence-electron chi connectivity index (χ2n) is 2.90. The van der Waals surface area contributed by atoms with E-state index in [1.54, 1.807) is 0 Å². The van der Waals surface area contributed by atoms with E-state index in [1.807, 2.05) is 0 Å². The lowest BCUT2D eigenvalue weighted by Crippen LogP contribution is -1.88. The minimum absolute atomic E-state index is 0.294. The fraction of sp³-hybridized carbons (Fsp3) is 1.00. The van der Waals surface area contributed by atoms with Gasteiger partial charge in [0.2, 0.25) is 0 Å². The molecule has 0 radical (unpaired) electrons. The molecule has 2 rings (SSSR count). The molecule has 0 amide bonds. The second-order valence-corrected chi connectivity index (χ2v) is 13.1. The van der Waals surface area contributed by atoms with Gasteiger partial charge >= 0.3 is 0 Å². The summed E-state index contributed by atoms with van der Waals surface area (Å²) in [5, 5.41) is 1.04. The Labute approximate surface area is 82.0 Å². The van der Waals surface area contributed by atoms with Gasteiger partial charge in [-0.1, -0.05) is 12.8 Å². The third kappa shape index (κ3) is 2.72. The zero-order valence-corrected chi connectivity index (χ0v) is 9.84. The average molecular weight is 224 g/mol. The Balaban J connectivity index is 1.71. The zero-order chi connectivity index (χ0) is 7.52. The summed E-state index contributed by atoms with van der Waals surface area (Å²) in [5.41, 5.74) is 0.294. The molecule has 11 heavy (non-hydrogen) atoms. The Kier molecular flexibility index (Phi) is 3.82. The molecule has 1 heterocycles. The van der Waals surface area contributed by atoms with Gasteiger partial charge in [-0.2, -0.15) is 0 Å². The lowest BCUT2D eigenvalue weighted by Gasteiger charge is -2.12. The van der Waals surface area contributed by atoms with Gasteiger partial charge in [-0.25, -0.2) is 0 Å². The van der Waals surface area contributed by atoms with E-state index in [1.165, 1.54) is 37.2 Å². The SMILES string of the molecule is C1CCC(SP2SCCS2)C1. The van der Waals surface area contributed by atoms with Crippen molar-refractivity contribution in [3.63, 3.8) is 0 Å². The molecule has 1 saturated carbocycles. The van der Waals surface area contributed by atoms with Crippen molar-refractivity contribution in [3.05, 3.63) is 0 Å². The van der Waals surface area contributed by atoms with Crippen LogP contribution in [0.4, 0.5) is 0 Å². The van der Waals surface area contributed by atoms with Gasteiger partial charge in [0.15, 0.2) is 0 Å². The standard InChI is InChI=1S/C7H13PS3/c1-2-4-7(3-1)11-8-9-5-6-10-8/h7H,1-6H2. The molecule has 0 aromatic heterocycles. The lowest BCUT2D eigenvalue weighted by atomic mass is 10.4. The van der Waals surface area contributed by atoms with Crippen LogP contribution in [0, 0.1) is 0 Å². The van der Waals surface area contributed by atoms with Crippen LogP contribution in [0.3, 0.4) is 0 Å². The molecule has 0 N–H and O–H groups in total. The zero-order valence-electron chi connectivity index (χ0n) is 6.49. The largest absolute Gasteiger partial charge is 0.111 e. The fourth-order valence-electron chi connectivity index (χ4n) is 1.44. The van der Waals surface area contributed by atoms with E-state index in [0.717, 1.165) is 5.25 Å². The van der Waals surface area contributed by atoms with Gasteiger partial charge in [0.1, 0.15) is 0 Å². The van der Waals surface area contributed by atoms with E-state index in [4.69, 9.17) is 0 Å². The maximum atomic E-state index is 2.31. The molecule has 0 bridgehead atoms. The third-order valence-electron chi connectivity index (χ3n) is 2.01. The predicted octanol–water partition coefficient (Wildman–Crippen LogP) is 4.37. The summed E-state index contributed by atoms with van der Waals surface area (Å²) in [5.74, 6) is 2.83. The molecular weight excluding hydrogens is 211 g/mol. The molecule has 1 aliphatic carbocycles. The first-order chi connectivity index (χ1) is 5.45. The van der Waals surface area contributed by atoms with Gasteiger partial charge in [-0.15, -0.1) is 34.1 Å². The van der Waals surface area contributed by atoms with E-state index in [0.29, 0.717) is 5.53 Å². The Morgan fingerprint density at radius 2 is 1.73 bits per heavy atom. The lowest BCUT2D eigenvalue weighted by molar-refractivity contribution is 0.886.